The van der Waals surface area contributed by atoms with E-state index < -0.39 is 0 Å². The van der Waals surface area contributed by atoms with E-state index in [1.807, 2.05) is 59.5 Å². The lowest BCUT2D eigenvalue weighted by Crippen LogP contribution is -2.29. The number of rotatable bonds is 4. The van der Waals surface area contributed by atoms with Crippen molar-refractivity contribution in [3.05, 3.63) is 87.7 Å². The Bertz CT molecular complexity index is 1190. The molecule has 6 nitrogen and oxygen atoms in total. The highest BCUT2D eigenvalue weighted by atomic mass is 79.9. The van der Waals surface area contributed by atoms with E-state index in [2.05, 4.69) is 36.3 Å². The third kappa shape index (κ3) is 2.88. The Morgan fingerprint density at radius 2 is 1.89 bits per heavy atom. The lowest BCUT2D eigenvalue weighted by molar-refractivity contribution is 0.0708. The minimum Gasteiger partial charge on any atom is -0.327 e. The van der Waals surface area contributed by atoms with Crippen molar-refractivity contribution in [1.29, 1.82) is 0 Å². The molecule has 0 saturated heterocycles. The molecule has 138 valence electrons. The lowest BCUT2D eigenvalue weighted by Gasteiger charge is -2.25. The van der Waals surface area contributed by atoms with Crippen molar-refractivity contribution in [1.82, 2.24) is 25.3 Å². The van der Waals surface area contributed by atoms with Gasteiger partial charge in [0.2, 0.25) is 0 Å². The van der Waals surface area contributed by atoms with Crippen molar-refractivity contribution in [3.63, 3.8) is 0 Å². The molecule has 0 aliphatic carbocycles. The van der Waals surface area contributed by atoms with Gasteiger partial charge in [-0.1, -0.05) is 24.3 Å². The van der Waals surface area contributed by atoms with E-state index in [1.54, 1.807) is 6.20 Å². The molecule has 0 spiro atoms. The fourth-order valence-electron chi connectivity index (χ4n) is 3.78. The second-order valence-corrected chi connectivity index (χ2v) is 7.67. The van der Waals surface area contributed by atoms with Crippen LogP contribution in [-0.4, -0.2) is 31.2 Å². The molecule has 1 aliphatic heterocycles. The number of nitrogens with zero attached hydrogens (tertiary/aromatic N) is 4. The lowest BCUT2D eigenvalue weighted by atomic mass is 10.0. The Balaban J connectivity index is 1.52. The molecular weight excluding hydrogens is 418 g/mol. The molecule has 1 amide bonds. The zero-order valence-corrected chi connectivity index (χ0v) is 16.4. The van der Waals surface area contributed by atoms with Crippen LogP contribution in [0.2, 0.25) is 0 Å². The average molecular weight is 434 g/mol. The Hall–Kier alpha value is -3.06. The summed E-state index contributed by atoms with van der Waals surface area (Å²) in [5.41, 5.74) is 5.38. The summed E-state index contributed by atoms with van der Waals surface area (Å²) < 4.78 is 0.954. The molecular formula is C21H16BrN5O. The smallest absolute Gasteiger partial charge is 0.255 e. The predicted molar refractivity (Wildman–Crippen MR) is 109 cm³/mol. The number of halogens is 1. The van der Waals surface area contributed by atoms with Gasteiger partial charge in [0.15, 0.2) is 0 Å². The van der Waals surface area contributed by atoms with Crippen LogP contribution in [0.1, 0.15) is 33.2 Å². The molecule has 3 heterocycles. The second kappa shape index (κ2) is 6.83. The number of hydrogen-bond acceptors (Lipinski definition) is 4. The third-order valence-corrected chi connectivity index (χ3v) is 5.86. The van der Waals surface area contributed by atoms with Crippen LogP contribution in [0.5, 0.6) is 0 Å². The van der Waals surface area contributed by atoms with Crippen LogP contribution in [0.15, 0.2) is 65.3 Å². The van der Waals surface area contributed by atoms with Crippen molar-refractivity contribution >= 4 is 32.9 Å². The third-order valence-electron chi connectivity index (χ3n) is 5.14. The topological polar surface area (TPSA) is 74.8 Å². The van der Waals surface area contributed by atoms with Crippen LogP contribution >= 0.6 is 15.9 Å². The molecule has 2 aromatic heterocycles. The zero-order chi connectivity index (χ0) is 19.1. The molecule has 7 heteroatoms. The average Bonchev–Trinajstić information content (AvgIpc) is 3.28. The molecule has 2 aromatic carbocycles. The van der Waals surface area contributed by atoms with Gasteiger partial charge in [-0.05, 0) is 57.4 Å². The van der Waals surface area contributed by atoms with Gasteiger partial charge in [0, 0.05) is 29.2 Å². The van der Waals surface area contributed by atoms with Crippen molar-refractivity contribution in [2.24, 2.45) is 0 Å². The van der Waals surface area contributed by atoms with Crippen molar-refractivity contribution in [2.75, 3.05) is 0 Å². The van der Waals surface area contributed by atoms with E-state index in [9.17, 15) is 4.79 Å². The summed E-state index contributed by atoms with van der Waals surface area (Å²) in [4.78, 5) is 19.6. The number of pyridine rings is 1. The van der Waals surface area contributed by atoms with E-state index in [0.717, 1.165) is 37.9 Å². The van der Waals surface area contributed by atoms with Crippen LogP contribution in [0, 0.1) is 0 Å². The minimum atomic E-state index is -0.0668. The number of nitrogens with one attached hydrogen (secondary N) is 1. The van der Waals surface area contributed by atoms with Crippen molar-refractivity contribution in [3.8, 4) is 0 Å². The first-order valence-corrected chi connectivity index (χ1v) is 9.79. The highest BCUT2D eigenvalue weighted by Gasteiger charge is 2.36. The molecule has 1 unspecified atom stereocenters. The van der Waals surface area contributed by atoms with Gasteiger partial charge in [-0.25, -0.2) is 0 Å². The van der Waals surface area contributed by atoms with Crippen LogP contribution in [-0.2, 0) is 13.0 Å². The molecule has 0 radical (unpaired) electrons. The first-order valence-electron chi connectivity index (χ1n) is 8.99. The Morgan fingerprint density at radius 3 is 2.79 bits per heavy atom. The van der Waals surface area contributed by atoms with Gasteiger partial charge in [0.1, 0.15) is 11.0 Å². The van der Waals surface area contributed by atoms with Crippen LogP contribution in [0.25, 0.3) is 11.0 Å². The SMILES string of the molecule is O=C1c2ccccc2C(Cc2ncccc2Br)N1Cc1ccc2n[nH]nc2c1. The zero-order valence-electron chi connectivity index (χ0n) is 14.8. The standard InChI is InChI=1S/C21H16BrN5O/c22-16-6-3-9-23-18(16)11-20-14-4-1-2-5-15(14)21(28)27(20)12-13-7-8-17-19(10-13)25-26-24-17/h1-10,20H,11-12H2,(H,24,25,26). The molecule has 5 rings (SSSR count). The molecule has 0 bridgehead atoms. The molecule has 1 atom stereocenters. The Kier molecular flexibility index (Phi) is 4.16. The molecule has 28 heavy (non-hydrogen) atoms. The summed E-state index contributed by atoms with van der Waals surface area (Å²) >= 11 is 3.58. The van der Waals surface area contributed by atoms with E-state index in [0.29, 0.717) is 13.0 Å². The number of carbonyl (C=O) groups excluding carboxylic acids is 1. The van der Waals surface area contributed by atoms with Gasteiger partial charge >= 0.3 is 0 Å². The number of hydrogen-bond donors (Lipinski definition) is 1. The van der Waals surface area contributed by atoms with E-state index in [1.165, 1.54) is 0 Å². The van der Waals surface area contributed by atoms with Gasteiger partial charge < -0.3 is 4.90 Å². The molecule has 1 aliphatic rings. The number of aromatic amines is 1. The predicted octanol–water partition coefficient (Wildman–Crippen LogP) is 4.06. The van der Waals surface area contributed by atoms with E-state index in [-0.39, 0.29) is 11.9 Å². The first-order chi connectivity index (χ1) is 13.7. The number of amides is 1. The van der Waals surface area contributed by atoms with Gasteiger partial charge in [-0.15, -0.1) is 0 Å². The maximum absolute atomic E-state index is 13.2. The maximum Gasteiger partial charge on any atom is 0.255 e. The van der Waals surface area contributed by atoms with Gasteiger partial charge in [-0.2, -0.15) is 15.4 Å². The molecule has 0 saturated carbocycles. The summed E-state index contributed by atoms with van der Waals surface area (Å²) in [6.45, 7) is 0.505. The number of benzene rings is 2. The summed E-state index contributed by atoms with van der Waals surface area (Å²) in [5.74, 6) is 0.0490. The summed E-state index contributed by atoms with van der Waals surface area (Å²) in [6.07, 6.45) is 2.43. The van der Waals surface area contributed by atoms with Crippen LogP contribution in [0.3, 0.4) is 0 Å². The Morgan fingerprint density at radius 1 is 1.04 bits per heavy atom. The van der Waals surface area contributed by atoms with Gasteiger partial charge in [-0.3, -0.25) is 9.78 Å². The maximum atomic E-state index is 13.2. The minimum absolute atomic E-state index is 0.0490. The van der Waals surface area contributed by atoms with Crippen LogP contribution < -0.4 is 0 Å². The number of carbonyl (C=O) groups is 1. The monoisotopic (exact) mass is 433 g/mol. The molecule has 0 fully saturated rings. The number of aromatic nitrogens is 4. The fourth-order valence-corrected chi connectivity index (χ4v) is 4.20. The quantitative estimate of drug-likeness (QED) is 0.526. The molecule has 1 N–H and O–H groups in total. The van der Waals surface area contributed by atoms with Gasteiger partial charge in [0.25, 0.3) is 5.91 Å². The largest absolute Gasteiger partial charge is 0.327 e. The normalized spacial score (nSPS) is 16.0. The second-order valence-electron chi connectivity index (χ2n) is 6.82. The summed E-state index contributed by atoms with van der Waals surface area (Å²) in [6, 6.07) is 17.5. The van der Waals surface area contributed by atoms with Crippen molar-refractivity contribution in [2.45, 2.75) is 19.0 Å². The highest BCUT2D eigenvalue weighted by molar-refractivity contribution is 9.10. The molecule has 4 aromatic rings. The Labute approximate surface area is 169 Å². The van der Waals surface area contributed by atoms with E-state index in [4.69, 9.17) is 0 Å². The fraction of sp³-hybridized carbons (Fsp3) is 0.143. The highest BCUT2D eigenvalue weighted by Crippen LogP contribution is 2.37. The van der Waals surface area contributed by atoms with Crippen molar-refractivity contribution < 1.29 is 4.79 Å². The number of H-pyrrole nitrogens is 1. The number of fused-ring (bicyclic) bond motifs is 2. The summed E-state index contributed by atoms with van der Waals surface area (Å²) in [5, 5.41) is 10.9. The van der Waals surface area contributed by atoms with Gasteiger partial charge in [0.05, 0.1) is 11.7 Å². The summed E-state index contributed by atoms with van der Waals surface area (Å²) in [7, 11) is 0. The van der Waals surface area contributed by atoms with Crippen LogP contribution in [0.4, 0.5) is 0 Å². The van der Waals surface area contributed by atoms with E-state index >= 15 is 0 Å². The first kappa shape index (κ1) is 17.1.